The molecule has 0 saturated carbocycles. The second kappa shape index (κ2) is 4.75. The molecule has 0 saturated heterocycles. The molecule has 2 N–H and O–H groups in total. The second-order valence-electron chi connectivity index (χ2n) is 5.70. The Kier molecular flexibility index (Phi) is 3.50. The molecule has 0 fully saturated rings. The molecule has 94 valence electrons. The van der Waals surface area contributed by atoms with E-state index in [1.54, 1.807) is 0 Å². The molecule has 0 amide bonds. The molecule has 0 radical (unpaired) electrons. The third-order valence-corrected chi connectivity index (χ3v) is 3.09. The van der Waals surface area contributed by atoms with E-state index < -0.39 is 6.17 Å². The third kappa shape index (κ3) is 3.05. The van der Waals surface area contributed by atoms with E-state index in [2.05, 4.69) is 37.5 Å². The summed E-state index contributed by atoms with van der Waals surface area (Å²) in [5.41, 5.74) is 2.29. The summed E-state index contributed by atoms with van der Waals surface area (Å²) in [6.07, 6.45) is -0.891. The van der Waals surface area contributed by atoms with Crippen LogP contribution in [0.1, 0.15) is 37.9 Å². The number of alkyl halides is 1. The van der Waals surface area contributed by atoms with Crippen molar-refractivity contribution in [2.24, 2.45) is 0 Å². The zero-order chi connectivity index (χ0) is 12.5. The van der Waals surface area contributed by atoms with Crippen LogP contribution in [-0.4, -0.2) is 18.3 Å². The van der Waals surface area contributed by atoms with Crippen LogP contribution < -0.4 is 10.6 Å². The van der Waals surface area contributed by atoms with Gasteiger partial charge in [-0.3, -0.25) is 0 Å². The van der Waals surface area contributed by atoms with Crippen LogP contribution in [-0.2, 0) is 6.54 Å². The van der Waals surface area contributed by atoms with Gasteiger partial charge in [-0.15, -0.1) is 0 Å². The van der Waals surface area contributed by atoms with Crippen molar-refractivity contribution in [2.75, 3.05) is 6.54 Å². The zero-order valence-corrected chi connectivity index (χ0v) is 10.8. The van der Waals surface area contributed by atoms with Crippen molar-refractivity contribution < 1.29 is 4.39 Å². The summed E-state index contributed by atoms with van der Waals surface area (Å²) in [5, 5.41) is 6.46. The molecule has 2 unspecified atom stereocenters. The standard InChI is InChI=1S/C14H21FN2/c1-14(2,3)17-9-12(15)13-11-7-5-4-6-10(11)8-16-13/h4-7,12-13,16-17H,8-9H2,1-3H3. The minimum atomic E-state index is -0.891. The molecule has 2 rings (SSSR count). The molecule has 3 heteroatoms. The summed E-state index contributed by atoms with van der Waals surface area (Å²) in [5.74, 6) is 0. The fourth-order valence-corrected chi connectivity index (χ4v) is 2.17. The average Bonchev–Trinajstić information content (AvgIpc) is 2.68. The highest BCUT2D eigenvalue weighted by molar-refractivity contribution is 5.34. The van der Waals surface area contributed by atoms with Crippen molar-refractivity contribution in [3.63, 3.8) is 0 Å². The van der Waals surface area contributed by atoms with E-state index in [4.69, 9.17) is 0 Å². The third-order valence-electron chi connectivity index (χ3n) is 3.09. The molecule has 1 aliphatic heterocycles. The van der Waals surface area contributed by atoms with Gasteiger partial charge in [-0.25, -0.2) is 4.39 Å². The molecule has 0 bridgehead atoms. The number of hydrogen-bond donors (Lipinski definition) is 2. The van der Waals surface area contributed by atoms with Gasteiger partial charge in [0.05, 0.1) is 6.04 Å². The molecule has 17 heavy (non-hydrogen) atoms. The van der Waals surface area contributed by atoms with E-state index in [-0.39, 0.29) is 11.6 Å². The molecule has 2 nitrogen and oxygen atoms in total. The van der Waals surface area contributed by atoms with E-state index >= 15 is 0 Å². The van der Waals surface area contributed by atoms with Gasteiger partial charge < -0.3 is 10.6 Å². The summed E-state index contributed by atoms with van der Waals surface area (Å²) >= 11 is 0. The molecule has 0 aromatic heterocycles. The van der Waals surface area contributed by atoms with Crippen molar-refractivity contribution in [3.8, 4) is 0 Å². The van der Waals surface area contributed by atoms with Crippen LogP contribution in [0.5, 0.6) is 0 Å². The van der Waals surface area contributed by atoms with Gasteiger partial charge in [0.1, 0.15) is 6.17 Å². The Morgan fingerprint density at radius 3 is 2.82 bits per heavy atom. The Labute approximate surface area is 103 Å². The first kappa shape index (κ1) is 12.5. The molecule has 1 aliphatic rings. The largest absolute Gasteiger partial charge is 0.309 e. The lowest BCUT2D eigenvalue weighted by molar-refractivity contribution is 0.232. The topological polar surface area (TPSA) is 24.1 Å². The molecule has 0 aliphatic carbocycles. The lowest BCUT2D eigenvalue weighted by Gasteiger charge is -2.25. The van der Waals surface area contributed by atoms with Crippen LogP contribution in [0.15, 0.2) is 24.3 Å². The summed E-state index contributed by atoms with van der Waals surface area (Å²) in [4.78, 5) is 0. The highest BCUT2D eigenvalue weighted by Crippen LogP contribution is 2.28. The van der Waals surface area contributed by atoms with Crippen LogP contribution in [0.3, 0.4) is 0 Å². The smallest absolute Gasteiger partial charge is 0.132 e. The number of benzene rings is 1. The Morgan fingerprint density at radius 1 is 1.41 bits per heavy atom. The fraction of sp³-hybridized carbons (Fsp3) is 0.571. The van der Waals surface area contributed by atoms with E-state index in [1.165, 1.54) is 5.56 Å². The van der Waals surface area contributed by atoms with Crippen LogP contribution in [0.25, 0.3) is 0 Å². The van der Waals surface area contributed by atoms with E-state index in [0.717, 1.165) is 12.1 Å². The monoisotopic (exact) mass is 236 g/mol. The number of nitrogens with one attached hydrogen (secondary N) is 2. The van der Waals surface area contributed by atoms with Crippen LogP contribution in [0.2, 0.25) is 0 Å². The van der Waals surface area contributed by atoms with Gasteiger partial charge in [0.25, 0.3) is 0 Å². The molecule has 1 aromatic carbocycles. The summed E-state index contributed by atoms with van der Waals surface area (Å²) in [7, 11) is 0. The van der Waals surface area contributed by atoms with Crippen molar-refractivity contribution in [1.29, 1.82) is 0 Å². The summed E-state index contributed by atoms with van der Waals surface area (Å²) < 4.78 is 14.2. The minimum Gasteiger partial charge on any atom is -0.309 e. The SMILES string of the molecule is CC(C)(C)NCC(F)C1NCc2ccccc21. The first-order valence-corrected chi connectivity index (χ1v) is 6.18. The maximum Gasteiger partial charge on any atom is 0.132 e. The number of fused-ring (bicyclic) bond motifs is 1. The molecule has 1 heterocycles. The van der Waals surface area contributed by atoms with Crippen molar-refractivity contribution in [1.82, 2.24) is 10.6 Å². The summed E-state index contributed by atoms with van der Waals surface area (Å²) in [6, 6.07) is 7.89. The average molecular weight is 236 g/mol. The van der Waals surface area contributed by atoms with Gasteiger partial charge in [-0.05, 0) is 31.9 Å². The van der Waals surface area contributed by atoms with Crippen LogP contribution in [0.4, 0.5) is 4.39 Å². The lowest BCUT2D eigenvalue weighted by atomic mass is 10.0. The van der Waals surface area contributed by atoms with E-state index in [9.17, 15) is 4.39 Å². The van der Waals surface area contributed by atoms with Gasteiger partial charge in [0, 0.05) is 18.6 Å². The van der Waals surface area contributed by atoms with Gasteiger partial charge in [0.2, 0.25) is 0 Å². The fourth-order valence-electron chi connectivity index (χ4n) is 2.17. The maximum atomic E-state index is 14.2. The summed E-state index contributed by atoms with van der Waals surface area (Å²) in [6.45, 7) is 7.31. The molecule has 2 atom stereocenters. The Morgan fingerprint density at radius 2 is 2.12 bits per heavy atom. The van der Waals surface area contributed by atoms with Gasteiger partial charge in [0.15, 0.2) is 0 Å². The Hall–Kier alpha value is -0.930. The highest BCUT2D eigenvalue weighted by atomic mass is 19.1. The Bertz CT molecular complexity index is 384. The lowest BCUT2D eigenvalue weighted by Crippen LogP contribution is -2.42. The molecular weight excluding hydrogens is 215 g/mol. The van der Waals surface area contributed by atoms with Crippen LogP contribution >= 0.6 is 0 Å². The first-order chi connectivity index (χ1) is 7.97. The van der Waals surface area contributed by atoms with E-state index in [0.29, 0.717) is 6.54 Å². The normalized spacial score (nSPS) is 21.3. The highest BCUT2D eigenvalue weighted by Gasteiger charge is 2.29. The molecular formula is C14H21FN2. The van der Waals surface area contributed by atoms with Crippen molar-refractivity contribution >= 4 is 0 Å². The minimum absolute atomic E-state index is 0.0392. The van der Waals surface area contributed by atoms with Crippen LogP contribution in [0, 0.1) is 0 Å². The van der Waals surface area contributed by atoms with E-state index in [1.807, 2.05) is 18.2 Å². The van der Waals surface area contributed by atoms with Crippen molar-refractivity contribution in [2.45, 2.75) is 45.1 Å². The predicted molar refractivity (Wildman–Crippen MR) is 68.7 cm³/mol. The van der Waals surface area contributed by atoms with Crippen molar-refractivity contribution in [3.05, 3.63) is 35.4 Å². The second-order valence-corrected chi connectivity index (χ2v) is 5.70. The number of hydrogen-bond acceptors (Lipinski definition) is 2. The van der Waals surface area contributed by atoms with Gasteiger partial charge in [-0.2, -0.15) is 0 Å². The maximum absolute atomic E-state index is 14.2. The predicted octanol–water partition coefficient (Wildman–Crippen LogP) is 2.56. The number of rotatable bonds is 3. The first-order valence-electron chi connectivity index (χ1n) is 6.18. The van der Waals surface area contributed by atoms with Gasteiger partial charge in [-0.1, -0.05) is 24.3 Å². The number of halogens is 1. The van der Waals surface area contributed by atoms with Gasteiger partial charge >= 0.3 is 0 Å². The molecule has 0 spiro atoms. The molecule has 1 aromatic rings. The zero-order valence-electron chi connectivity index (χ0n) is 10.8. The Balaban J connectivity index is 2.00. The quantitative estimate of drug-likeness (QED) is 0.843.